The summed E-state index contributed by atoms with van der Waals surface area (Å²) in [6.45, 7) is 5.76. The highest BCUT2D eigenvalue weighted by molar-refractivity contribution is 6.32. The molecule has 0 bridgehead atoms. The van der Waals surface area contributed by atoms with Gasteiger partial charge in [0, 0.05) is 12.2 Å². The highest BCUT2D eigenvalue weighted by atomic mass is 35.5. The van der Waals surface area contributed by atoms with E-state index in [9.17, 15) is 0 Å². The Morgan fingerprint density at radius 2 is 1.65 bits per heavy atom. The maximum atomic E-state index is 6.28. The summed E-state index contributed by atoms with van der Waals surface area (Å²) in [4.78, 5) is 11.5. The monoisotopic (exact) mass is 366 g/mol. The number of rotatable bonds is 4. The molecule has 1 saturated heterocycles. The molecule has 1 fully saturated rings. The molecule has 134 valence electrons. The molecule has 2 aromatic carbocycles. The summed E-state index contributed by atoms with van der Waals surface area (Å²) in [6.07, 6.45) is 2.61. The maximum Gasteiger partial charge on any atom is 0.172 e. The van der Waals surface area contributed by atoms with E-state index in [0.29, 0.717) is 11.0 Å². The van der Waals surface area contributed by atoms with Gasteiger partial charge in [0.1, 0.15) is 0 Å². The summed E-state index contributed by atoms with van der Waals surface area (Å²) in [5, 5.41) is 3.67. The van der Waals surface area contributed by atoms with Gasteiger partial charge in [0.05, 0.1) is 11.0 Å². The van der Waals surface area contributed by atoms with Crippen LogP contribution in [-0.4, -0.2) is 28.0 Å². The first-order chi connectivity index (χ1) is 12.7. The Balaban J connectivity index is 1.45. The predicted octanol–water partition coefficient (Wildman–Crippen LogP) is 5.26. The molecule has 0 spiro atoms. The van der Waals surface area contributed by atoms with Gasteiger partial charge in [-0.15, -0.1) is 0 Å². The predicted molar refractivity (Wildman–Crippen MR) is 108 cm³/mol. The molecule has 1 aliphatic rings. The zero-order valence-electron chi connectivity index (χ0n) is 15.0. The summed E-state index contributed by atoms with van der Waals surface area (Å²) in [5.74, 6) is 1.45. The lowest BCUT2D eigenvalue weighted by Crippen LogP contribution is -2.32. The third-order valence-corrected chi connectivity index (χ3v) is 5.29. The Hall–Kier alpha value is -2.17. The fraction of sp³-hybridized carbons (Fsp3) is 0.333. The standard InChI is InChI=1S/C21H23ClN4/c1-15-10-12-26(13-11-15)14-16-6-8-17(9-7-16)23-21-20(22)24-18-4-2-3-5-19(18)25-21/h2-9,15H,10-14H2,1H3,(H,23,25). The van der Waals surface area contributed by atoms with Crippen molar-refractivity contribution in [2.45, 2.75) is 26.3 Å². The smallest absolute Gasteiger partial charge is 0.172 e. The van der Waals surface area contributed by atoms with E-state index in [1.807, 2.05) is 24.3 Å². The molecule has 1 N–H and O–H groups in total. The second-order valence-corrected chi connectivity index (χ2v) is 7.49. The number of para-hydroxylation sites is 2. The lowest BCUT2D eigenvalue weighted by Gasteiger charge is -2.30. The fourth-order valence-corrected chi connectivity index (χ4v) is 3.55. The number of hydrogen-bond donors (Lipinski definition) is 1. The normalized spacial score (nSPS) is 16.1. The van der Waals surface area contributed by atoms with Gasteiger partial charge in [0.2, 0.25) is 0 Å². The number of benzene rings is 2. The number of fused-ring (bicyclic) bond motifs is 1. The minimum absolute atomic E-state index is 0.384. The lowest BCUT2D eigenvalue weighted by molar-refractivity contribution is 0.185. The number of nitrogens with zero attached hydrogens (tertiary/aromatic N) is 3. The third kappa shape index (κ3) is 3.97. The van der Waals surface area contributed by atoms with Gasteiger partial charge in [-0.1, -0.05) is 42.8 Å². The summed E-state index contributed by atoms with van der Waals surface area (Å²) in [6, 6.07) is 16.2. The van der Waals surface area contributed by atoms with Crippen molar-refractivity contribution in [1.82, 2.24) is 14.9 Å². The Kier molecular flexibility index (Phi) is 5.05. The maximum absolute atomic E-state index is 6.28. The SMILES string of the molecule is CC1CCN(Cc2ccc(Nc3nc4ccccc4nc3Cl)cc2)CC1. The van der Waals surface area contributed by atoms with Gasteiger partial charge in [0.25, 0.3) is 0 Å². The van der Waals surface area contributed by atoms with E-state index in [1.165, 1.54) is 31.5 Å². The fourth-order valence-electron chi connectivity index (χ4n) is 3.37. The Labute approximate surface area is 159 Å². The number of aromatic nitrogens is 2. The van der Waals surface area contributed by atoms with E-state index < -0.39 is 0 Å². The van der Waals surface area contributed by atoms with Crippen molar-refractivity contribution in [2.75, 3.05) is 18.4 Å². The van der Waals surface area contributed by atoms with Crippen molar-refractivity contribution >= 4 is 34.1 Å². The third-order valence-electron chi connectivity index (χ3n) is 5.03. The molecule has 5 heteroatoms. The van der Waals surface area contributed by atoms with Gasteiger partial charge >= 0.3 is 0 Å². The zero-order chi connectivity index (χ0) is 17.9. The molecule has 2 heterocycles. The molecule has 4 nitrogen and oxygen atoms in total. The first-order valence-corrected chi connectivity index (χ1v) is 9.56. The molecule has 1 aromatic heterocycles. The number of halogens is 1. The average Bonchev–Trinajstić information content (AvgIpc) is 2.66. The van der Waals surface area contributed by atoms with Crippen molar-refractivity contribution in [3.63, 3.8) is 0 Å². The Bertz CT molecular complexity index is 886. The largest absolute Gasteiger partial charge is 0.338 e. The lowest BCUT2D eigenvalue weighted by atomic mass is 9.99. The highest BCUT2D eigenvalue weighted by Gasteiger charge is 2.15. The van der Waals surface area contributed by atoms with Gasteiger partial charge in [-0.05, 0) is 61.7 Å². The zero-order valence-corrected chi connectivity index (χ0v) is 15.7. The van der Waals surface area contributed by atoms with Crippen molar-refractivity contribution in [3.05, 3.63) is 59.2 Å². The van der Waals surface area contributed by atoms with Crippen molar-refractivity contribution in [2.24, 2.45) is 5.92 Å². The van der Waals surface area contributed by atoms with Crippen LogP contribution in [0.15, 0.2) is 48.5 Å². The molecule has 0 radical (unpaired) electrons. The van der Waals surface area contributed by atoms with Gasteiger partial charge in [-0.3, -0.25) is 4.90 Å². The van der Waals surface area contributed by atoms with E-state index in [2.05, 4.69) is 51.4 Å². The van der Waals surface area contributed by atoms with Crippen LogP contribution in [0.1, 0.15) is 25.3 Å². The molecule has 0 atom stereocenters. The van der Waals surface area contributed by atoms with Crippen LogP contribution in [0.2, 0.25) is 5.15 Å². The van der Waals surface area contributed by atoms with Crippen LogP contribution in [0.25, 0.3) is 11.0 Å². The second-order valence-electron chi connectivity index (χ2n) is 7.13. The van der Waals surface area contributed by atoms with E-state index >= 15 is 0 Å². The topological polar surface area (TPSA) is 41.0 Å². The summed E-state index contributed by atoms with van der Waals surface area (Å²) >= 11 is 6.28. The number of hydrogen-bond acceptors (Lipinski definition) is 4. The van der Waals surface area contributed by atoms with Crippen molar-refractivity contribution in [1.29, 1.82) is 0 Å². The first kappa shape index (κ1) is 17.3. The van der Waals surface area contributed by atoms with Gasteiger partial charge < -0.3 is 5.32 Å². The van der Waals surface area contributed by atoms with Crippen LogP contribution in [0.5, 0.6) is 0 Å². The van der Waals surface area contributed by atoms with E-state index in [1.54, 1.807) is 0 Å². The molecular formula is C21H23ClN4. The first-order valence-electron chi connectivity index (χ1n) is 9.18. The quantitative estimate of drug-likeness (QED) is 0.683. The van der Waals surface area contributed by atoms with Crippen LogP contribution in [-0.2, 0) is 6.54 Å². The number of likely N-dealkylation sites (tertiary alicyclic amines) is 1. The molecule has 3 aromatic rings. The van der Waals surface area contributed by atoms with E-state index in [0.717, 1.165) is 29.2 Å². The average molecular weight is 367 g/mol. The summed E-state index contributed by atoms with van der Waals surface area (Å²) < 4.78 is 0. The van der Waals surface area contributed by atoms with Gasteiger partial charge in [-0.25, -0.2) is 9.97 Å². The van der Waals surface area contributed by atoms with E-state index in [-0.39, 0.29) is 0 Å². The summed E-state index contributed by atoms with van der Waals surface area (Å²) in [5.41, 5.74) is 3.93. The van der Waals surface area contributed by atoms with Crippen LogP contribution < -0.4 is 5.32 Å². The number of nitrogens with one attached hydrogen (secondary N) is 1. The van der Waals surface area contributed by atoms with Crippen LogP contribution >= 0.6 is 11.6 Å². The van der Waals surface area contributed by atoms with Gasteiger partial charge in [-0.2, -0.15) is 0 Å². The molecule has 0 aliphatic carbocycles. The molecular weight excluding hydrogens is 344 g/mol. The van der Waals surface area contributed by atoms with Gasteiger partial charge in [0.15, 0.2) is 11.0 Å². The molecule has 0 saturated carbocycles. The molecule has 0 unspecified atom stereocenters. The Morgan fingerprint density at radius 1 is 1.00 bits per heavy atom. The Morgan fingerprint density at radius 3 is 2.35 bits per heavy atom. The number of piperidine rings is 1. The molecule has 1 aliphatic heterocycles. The summed E-state index contributed by atoms with van der Waals surface area (Å²) in [7, 11) is 0. The minimum Gasteiger partial charge on any atom is -0.338 e. The van der Waals surface area contributed by atoms with Crippen LogP contribution in [0, 0.1) is 5.92 Å². The molecule has 26 heavy (non-hydrogen) atoms. The minimum atomic E-state index is 0.384. The van der Waals surface area contributed by atoms with Crippen LogP contribution in [0.4, 0.5) is 11.5 Å². The molecule has 4 rings (SSSR count). The van der Waals surface area contributed by atoms with Crippen molar-refractivity contribution in [3.8, 4) is 0 Å². The highest BCUT2D eigenvalue weighted by Crippen LogP contribution is 2.25. The number of anilines is 2. The second kappa shape index (κ2) is 7.60. The van der Waals surface area contributed by atoms with Crippen molar-refractivity contribution < 1.29 is 0 Å². The van der Waals surface area contributed by atoms with Crippen LogP contribution in [0.3, 0.4) is 0 Å². The van der Waals surface area contributed by atoms with E-state index in [4.69, 9.17) is 11.6 Å². The molecule has 0 amide bonds.